The van der Waals surface area contributed by atoms with Crippen LogP contribution in [0.1, 0.15) is 45.4 Å². The van der Waals surface area contributed by atoms with E-state index in [-0.39, 0.29) is 11.9 Å². The lowest BCUT2D eigenvalue weighted by Gasteiger charge is -2.37. The van der Waals surface area contributed by atoms with Crippen molar-refractivity contribution in [1.29, 1.82) is 0 Å². The minimum atomic E-state index is -0.791. The molecule has 0 aromatic heterocycles. The number of aliphatic carboxylic acids is 1. The van der Waals surface area contributed by atoms with Crippen molar-refractivity contribution < 1.29 is 14.7 Å². The Balaban J connectivity index is 1.85. The molecule has 5 heteroatoms. The van der Waals surface area contributed by atoms with Gasteiger partial charge >= 0.3 is 5.97 Å². The Kier molecular flexibility index (Phi) is 5.40. The molecule has 0 spiro atoms. The number of hydrogen-bond donors (Lipinski definition) is 2. The summed E-state index contributed by atoms with van der Waals surface area (Å²) >= 11 is 0. The first kappa shape index (κ1) is 15.3. The van der Waals surface area contributed by atoms with E-state index in [1.807, 2.05) is 0 Å². The molecule has 114 valence electrons. The van der Waals surface area contributed by atoms with Gasteiger partial charge < -0.3 is 15.3 Å². The number of hydrogen-bond acceptors (Lipinski definition) is 3. The summed E-state index contributed by atoms with van der Waals surface area (Å²) in [4.78, 5) is 24.4. The molecule has 1 saturated carbocycles. The summed E-state index contributed by atoms with van der Waals surface area (Å²) in [6.07, 6.45) is 7.16. The van der Waals surface area contributed by atoms with Crippen molar-refractivity contribution >= 4 is 11.9 Å². The standard InChI is InChI=1S/C15H26N2O3/c1-11(18)17-9-13(15(19)20)7-14(10-17)16-8-12-5-3-2-4-6-12/h12-14,16H,2-10H2,1H3,(H,19,20). The summed E-state index contributed by atoms with van der Waals surface area (Å²) in [5.41, 5.74) is 0. The van der Waals surface area contributed by atoms with Crippen LogP contribution in [0.2, 0.25) is 0 Å². The fraction of sp³-hybridized carbons (Fsp3) is 0.867. The Morgan fingerprint density at radius 3 is 2.50 bits per heavy atom. The monoisotopic (exact) mass is 282 g/mol. The number of carboxylic acids is 1. The average molecular weight is 282 g/mol. The van der Waals surface area contributed by atoms with Gasteiger partial charge in [-0.2, -0.15) is 0 Å². The molecule has 1 amide bonds. The largest absolute Gasteiger partial charge is 0.481 e. The van der Waals surface area contributed by atoms with Crippen LogP contribution in [0.5, 0.6) is 0 Å². The van der Waals surface area contributed by atoms with Crippen LogP contribution in [0.25, 0.3) is 0 Å². The zero-order valence-electron chi connectivity index (χ0n) is 12.3. The van der Waals surface area contributed by atoms with Gasteiger partial charge in [0.1, 0.15) is 0 Å². The molecule has 20 heavy (non-hydrogen) atoms. The molecule has 2 aliphatic rings. The highest BCUT2D eigenvalue weighted by Crippen LogP contribution is 2.24. The summed E-state index contributed by atoms with van der Waals surface area (Å²) in [6.45, 7) is 3.48. The van der Waals surface area contributed by atoms with Gasteiger partial charge in [0.25, 0.3) is 0 Å². The molecular formula is C15H26N2O3. The lowest BCUT2D eigenvalue weighted by Crippen LogP contribution is -2.53. The molecule has 0 aromatic rings. The summed E-state index contributed by atoms with van der Waals surface area (Å²) in [5.74, 6) is -0.530. The van der Waals surface area contributed by atoms with Crippen LogP contribution in [0.15, 0.2) is 0 Å². The Hall–Kier alpha value is -1.10. The normalized spacial score (nSPS) is 28.4. The predicted octanol–water partition coefficient (Wildman–Crippen LogP) is 1.48. The van der Waals surface area contributed by atoms with E-state index in [1.54, 1.807) is 4.90 Å². The van der Waals surface area contributed by atoms with Gasteiger partial charge in [-0.05, 0) is 31.7 Å². The molecule has 1 saturated heterocycles. The quantitative estimate of drug-likeness (QED) is 0.819. The number of carboxylic acid groups (broad SMARTS) is 1. The highest BCUT2D eigenvalue weighted by Gasteiger charge is 2.32. The average Bonchev–Trinajstić information content (AvgIpc) is 2.45. The van der Waals surface area contributed by atoms with Crippen LogP contribution < -0.4 is 5.32 Å². The van der Waals surface area contributed by atoms with Gasteiger partial charge in [-0.3, -0.25) is 9.59 Å². The lowest BCUT2D eigenvalue weighted by atomic mass is 9.88. The van der Waals surface area contributed by atoms with Crippen molar-refractivity contribution in [2.75, 3.05) is 19.6 Å². The zero-order chi connectivity index (χ0) is 14.5. The Bertz CT molecular complexity index is 331. The SMILES string of the molecule is CC(=O)N1CC(NCC2CCCCC2)CC(C(=O)O)C1. The molecule has 2 rings (SSSR count). The van der Waals surface area contributed by atoms with E-state index in [1.165, 1.54) is 39.0 Å². The second kappa shape index (κ2) is 7.07. The molecule has 1 aliphatic heterocycles. The maximum absolute atomic E-state index is 11.5. The van der Waals surface area contributed by atoms with Gasteiger partial charge in [0.2, 0.25) is 5.91 Å². The number of carbonyl (C=O) groups is 2. The molecule has 2 N–H and O–H groups in total. The third-order valence-electron chi connectivity index (χ3n) is 4.67. The van der Waals surface area contributed by atoms with E-state index in [9.17, 15) is 14.7 Å². The second-order valence-electron chi connectivity index (χ2n) is 6.30. The first-order chi connectivity index (χ1) is 9.56. The molecule has 2 atom stereocenters. The van der Waals surface area contributed by atoms with Gasteiger partial charge in [0.15, 0.2) is 0 Å². The van der Waals surface area contributed by atoms with Crippen LogP contribution in [-0.2, 0) is 9.59 Å². The first-order valence-electron chi connectivity index (χ1n) is 7.78. The van der Waals surface area contributed by atoms with Crippen LogP contribution in [-0.4, -0.2) is 47.6 Å². The number of likely N-dealkylation sites (tertiary alicyclic amines) is 1. The lowest BCUT2D eigenvalue weighted by molar-refractivity contribution is -0.145. The molecule has 0 radical (unpaired) electrons. The van der Waals surface area contributed by atoms with Gasteiger partial charge in [-0.1, -0.05) is 19.3 Å². The van der Waals surface area contributed by atoms with Crippen LogP contribution in [0.3, 0.4) is 0 Å². The Labute approximate surface area is 120 Å². The zero-order valence-corrected chi connectivity index (χ0v) is 12.3. The number of nitrogens with one attached hydrogen (secondary N) is 1. The fourth-order valence-corrected chi connectivity index (χ4v) is 3.41. The van der Waals surface area contributed by atoms with Crippen LogP contribution in [0, 0.1) is 11.8 Å². The molecular weight excluding hydrogens is 256 g/mol. The van der Waals surface area contributed by atoms with Crippen molar-refractivity contribution in [3.05, 3.63) is 0 Å². The molecule has 1 aliphatic carbocycles. The summed E-state index contributed by atoms with van der Waals surface area (Å²) in [5, 5.41) is 12.7. The summed E-state index contributed by atoms with van der Waals surface area (Å²) in [7, 11) is 0. The van der Waals surface area contributed by atoms with Gasteiger partial charge in [-0.15, -0.1) is 0 Å². The number of carbonyl (C=O) groups excluding carboxylic acids is 1. The maximum Gasteiger partial charge on any atom is 0.308 e. The van der Waals surface area contributed by atoms with E-state index in [4.69, 9.17) is 0 Å². The third kappa shape index (κ3) is 4.20. The minimum absolute atomic E-state index is 0.0274. The molecule has 2 unspecified atom stereocenters. The topological polar surface area (TPSA) is 69.6 Å². The number of rotatable bonds is 4. The maximum atomic E-state index is 11.5. The minimum Gasteiger partial charge on any atom is -0.481 e. The Morgan fingerprint density at radius 1 is 1.20 bits per heavy atom. The number of piperidine rings is 1. The highest BCUT2D eigenvalue weighted by molar-refractivity contribution is 5.76. The highest BCUT2D eigenvalue weighted by atomic mass is 16.4. The van der Waals surface area contributed by atoms with Crippen molar-refractivity contribution in [2.45, 2.75) is 51.5 Å². The van der Waals surface area contributed by atoms with Crippen LogP contribution >= 0.6 is 0 Å². The summed E-state index contributed by atoms with van der Waals surface area (Å²) < 4.78 is 0. The number of amides is 1. The van der Waals surface area contributed by atoms with Crippen molar-refractivity contribution in [2.24, 2.45) is 11.8 Å². The predicted molar refractivity (Wildman–Crippen MR) is 76.4 cm³/mol. The van der Waals surface area contributed by atoms with Crippen LogP contribution in [0.4, 0.5) is 0 Å². The van der Waals surface area contributed by atoms with E-state index < -0.39 is 11.9 Å². The second-order valence-corrected chi connectivity index (χ2v) is 6.30. The van der Waals surface area contributed by atoms with Gasteiger partial charge in [0.05, 0.1) is 5.92 Å². The molecule has 0 aromatic carbocycles. The van der Waals surface area contributed by atoms with E-state index in [0.29, 0.717) is 19.5 Å². The molecule has 0 bridgehead atoms. The van der Waals surface area contributed by atoms with Crippen molar-refractivity contribution in [3.8, 4) is 0 Å². The Morgan fingerprint density at radius 2 is 1.90 bits per heavy atom. The third-order valence-corrected chi connectivity index (χ3v) is 4.67. The molecule has 1 heterocycles. The van der Waals surface area contributed by atoms with Crippen molar-refractivity contribution in [3.63, 3.8) is 0 Å². The molecule has 2 fully saturated rings. The van der Waals surface area contributed by atoms with Gasteiger partial charge in [0, 0.05) is 26.1 Å². The van der Waals surface area contributed by atoms with E-state index in [2.05, 4.69) is 5.32 Å². The summed E-state index contributed by atoms with van der Waals surface area (Å²) in [6, 6.07) is 0.121. The first-order valence-corrected chi connectivity index (χ1v) is 7.78. The number of nitrogens with zero attached hydrogens (tertiary/aromatic N) is 1. The van der Waals surface area contributed by atoms with Crippen molar-refractivity contribution in [1.82, 2.24) is 10.2 Å². The molecule has 5 nitrogen and oxygen atoms in total. The van der Waals surface area contributed by atoms with E-state index >= 15 is 0 Å². The van der Waals surface area contributed by atoms with Gasteiger partial charge in [-0.25, -0.2) is 0 Å². The smallest absolute Gasteiger partial charge is 0.308 e. The fourth-order valence-electron chi connectivity index (χ4n) is 3.41. The van der Waals surface area contributed by atoms with E-state index in [0.717, 1.165) is 12.5 Å².